The molecule has 34 heavy (non-hydrogen) atoms. The molecule has 0 aliphatic rings. The van der Waals surface area contributed by atoms with E-state index in [1.807, 2.05) is 26.0 Å². The number of Topliss-reactive ketones (excluding diaryl/α,β-unsaturated/α-hetero) is 1. The van der Waals surface area contributed by atoms with Gasteiger partial charge in [-0.05, 0) is 37.0 Å². The summed E-state index contributed by atoms with van der Waals surface area (Å²) in [6.45, 7) is 7.26. The summed E-state index contributed by atoms with van der Waals surface area (Å²) in [7, 11) is 4.63. The highest BCUT2D eigenvalue weighted by atomic mass is 16.5. The number of rotatable bonds is 14. The van der Waals surface area contributed by atoms with Gasteiger partial charge in [-0.25, -0.2) is 0 Å². The lowest BCUT2D eigenvalue weighted by Crippen LogP contribution is -2.57. The Labute approximate surface area is 203 Å². The molecule has 0 radical (unpaired) electrons. The summed E-state index contributed by atoms with van der Waals surface area (Å²) < 4.78 is 5.20. The Hall–Kier alpha value is -2.90. The smallest absolute Gasteiger partial charge is 0.246 e. The number of ketones is 1. The average Bonchev–Trinajstić information content (AvgIpc) is 2.80. The maximum Gasteiger partial charge on any atom is 0.246 e. The molecule has 0 aromatic heterocycles. The number of nitrogens with two attached hydrogens (primary N) is 1. The van der Waals surface area contributed by atoms with Crippen LogP contribution in [0.2, 0.25) is 0 Å². The number of unbranched alkanes of at least 4 members (excludes halogenated alkanes) is 2. The third kappa shape index (κ3) is 7.85. The van der Waals surface area contributed by atoms with E-state index in [-0.39, 0.29) is 18.1 Å². The van der Waals surface area contributed by atoms with Gasteiger partial charge in [0, 0.05) is 26.9 Å². The van der Waals surface area contributed by atoms with Crippen LogP contribution in [-0.2, 0) is 25.6 Å². The van der Waals surface area contributed by atoms with Crippen molar-refractivity contribution in [3.63, 3.8) is 0 Å². The molecule has 8 heteroatoms. The first-order valence-corrected chi connectivity index (χ1v) is 11.9. The van der Waals surface area contributed by atoms with Crippen molar-refractivity contribution in [1.29, 1.82) is 0 Å². The first-order valence-electron chi connectivity index (χ1n) is 11.9. The van der Waals surface area contributed by atoms with Gasteiger partial charge in [-0.15, -0.1) is 0 Å². The largest absolute Gasteiger partial charge is 0.497 e. The SMILES string of the molecule is CCCCCC(=O)[C@@H](C)C(=O)N(C)[C@H](Cc1ccc(OC)cc1)C(=O)N(C)[C@H](C(N)=O)C(C)C. The number of amides is 3. The summed E-state index contributed by atoms with van der Waals surface area (Å²) >= 11 is 0. The number of hydrogen-bond acceptors (Lipinski definition) is 5. The van der Waals surface area contributed by atoms with Gasteiger partial charge in [-0.1, -0.05) is 45.7 Å². The van der Waals surface area contributed by atoms with Crippen LogP contribution in [0.25, 0.3) is 0 Å². The molecule has 1 aromatic carbocycles. The summed E-state index contributed by atoms with van der Waals surface area (Å²) in [6, 6.07) is 5.49. The average molecular weight is 476 g/mol. The van der Waals surface area contributed by atoms with Crippen LogP contribution in [-0.4, -0.2) is 66.6 Å². The first-order chi connectivity index (χ1) is 16.0. The van der Waals surface area contributed by atoms with Crippen LogP contribution >= 0.6 is 0 Å². The van der Waals surface area contributed by atoms with Gasteiger partial charge in [0.2, 0.25) is 17.7 Å². The molecule has 0 fully saturated rings. The van der Waals surface area contributed by atoms with Gasteiger partial charge in [0.05, 0.1) is 13.0 Å². The van der Waals surface area contributed by atoms with E-state index in [1.54, 1.807) is 26.2 Å². The number of carbonyl (C=O) groups excluding carboxylic acids is 4. The molecule has 0 bridgehead atoms. The van der Waals surface area contributed by atoms with Gasteiger partial charge < -0.3 is 20.3 Å². The highest BCUT2D eigenvalue weighted by Gasteiger charge is 2.37. The molecule has 0 aliphatic carbocycles. The topological polar surface area (TPSA) is 110 Å². The van der Waals surface area contributed by atoms with Crippen LogP contribution in [0.1, 0.15) is 58.9 Å². The number of nitrogens with zero attached hydrogens (tertiary/aromatic N) is 2. The fourth-order valence-corrected chi connectivity index (χ4v) is 4.08. The second kappa shape index (κ2) is 13.7. The zero-order valence-electron chi connectivity index (χ0n) is 21.7. The zero-order valence-corrected chi connectivity index (χ0v) is 21.7. The summed E-state index contributed by atoms with van der Waals surface area (Å²) in [5.74, 6) is -1.94. The number of likely N-dealkylation sites (N-methyl/N-ethyl adjacent to an activating group) is 2. The van der Waals surface area contributed by atoms with Crippen molar-refractivity contribution in [3.8, 4) is 5.75 Å². The molecule has 3 atom stereocenters. The Kier molecular flexibility index (Phi) is 11.8. The van der Waals surface area contributed by atoms with E-state index in [1.165, 1.54) is 23.9 Å². The standard InChI is InChI=1S/C26H41N3O5/c1-8-9-10-11-22(30)18(4)25(32)28(5)21(16-19-12-14-20(34-7)15-13-19)26(33)29(6)23(17(2)3)24(27)31/h12-15,17-18,21,23H,8-11,16H2,1-7H3,(H2,27,31)/t18-,21-,23+/m1/s1. The number of ether oxygens (including phenoxy) is 1. The molecular formula is C26H41N3O5. The number of hydrogen-bond donors (Lipinski definition) is 1. The molecule has 1 rings (SSSR count). The predicted octanol–water partition coefficient (Wildman–Crippen LogP) is 2.82. The Bertz CT molecular complexity index is 837. The van der Waals surface area contributed by atoms with E-state index in [2.05, 4.69) is 6.92 Å². The van der Waals surface area contributed by atoms with Crippen LogP contribution in [0.15, 0.2) is 24.3 Å². The monoisotopic (exact) mass is 475 g/mol. The van der Waals surface area contributed by atoms with Crippen LogP contribution in [0.5, 0.6) is 5.75 Å². The van der Waals surface area contributed by atoms with Gasteiger partial charge in [0.1, 0.15) is 23.6 Å². The zero-order chi connectivity index (χ0) is 26.0. The van der Waals surface area contributed by atoms with Crippen LogP contribution < -0.4 is 10.5 Å². The maximum absolute atomic E-state index is 13.6. The van der Waals surface area contributed by atoms with E-state index in [0.717, 1.165) is 24.8 Å². The summed E-state index contributed by atoms with van der Waals surface area (Å²) in [6.07, 6.45) is 3.20. The maximum atomic E-state index is 13.6. The summed E-state index contributed by atoms with van der Waals surface area (Å²) in [5.41, 5.74) is 6.39. The van der Waals surface area contributed by atoms with Crippen molar-refractivity contribution in [2.24, 2.45) is 17.6 Å². The highest BCUT2D eigenvalue weighted by molar-refractivity contribution is 6.02. The molecule has 0 heterocycles. The minimum Gasteiger partial charge on any atom is -0.497 e. The molecule has 190 valence electrons. The van der Waals surface area contributed by atoms with E-state index < -0.39 is 35.7 Å². The van der Waals surface area contributed by atoms with Crippen LogP contribution in [0.4, 0.5) is 0 Å². The van der Waals surface area contributed by atoms with Crippen LogP contribution in [0, 0.1) is 11.8 Å². The van der Waals surface area contributed by atoms with Crippen molar-refractivity contribution >= 4 is 23.5 Å². The normalized spacial score (nSPS) is 13.6. The van der Waals surface area contributed by atoms with Gasteiger partial charge in [0.15, 0.2) is 0 Å². The van der Waals surface area contributed by atoms with Crippen molar-refractivity contribution < 1.29 is 23.9 Å². The second-order valence-corrected chi connectivity index (χ2v) is 9.20. The lowest BCUT2D eigenvalue weighted by molar-refractivity contribution is -0.150. The Morgan fingerprint density at radius 1 is 0.941 bits per heavy atom. The third-order valence-corrected chi connectivity index (χ3v) is 6.26. The van der Waals surface area contributed by atoms with Crippen molar-refractivity contribution in [2.45, 2.75) is 71.9 Å². The molecule has 0 saturated heterocycles. The first kappa shape index (κ1) is 29.1. The van der Waals surface area contributed by atoms with E-state index in [0.29, 0.717) is 12.2 Å². The number of primary amides is 1. The summed E-state index contributed by atoms with van der Waals surface area (Å²) in [5, 5.41) is 0. The Morgan fingerprint density at radius 3 is 2.00 bits per heavy atom. The molecule has 0 spiro atoms. The van der Waals surface area contributed by atoms with Gasteiger partial charge >= 0.3 is 0 Å². The Morgan fingerprint density at radius 2 is 1.53 bits per heavy atom. The number of methoxy groups -OCH3 is 1. The van der Waals surface area contributed by atoms with Crippen molar-refractivity contribution in [3.05, 3.63) is 29.8 Å². The molecule has 3 amide bonds. The van der Waals surface area contributed by atoms with E-state index in [4.69, 9.17) is 10.5 Å². The lowest BCUT2D eigenvalue weighted by Gasteiger charge is -2.36. The molecule has 0 unspecified atom stereocenters. The minimum atomic E-state index is -0.905. The lowest BCUT2D eigenvalue weighted by atomic mass is 9.96. The fourth-order valence-electron chi connectivity index (χ4n) is 4.08. The van der Waals surface area contributed by atoms with Crippen LogP contribution in [0.3, 0.4) is 0 Å². The molecule has 1 aromatic rings. The van der Waals surface area contributed by atoms with Gasteiger partial charge in [-0.3, -0.25) is 19.2 Å². The van der Waals surface area contributed by atoms with Crippen molar-refractivity contribution in [1.82, 2.24) is 9.80 Å². The van der Waals surface area contributed by atoms with Gasteiger partial charge in [-0.2, -0.15) is 0 Å². The number of benzene rings is 1. The summed E-state index contributed by atoms with van der Waals surface area (Å²) in [4.78, 5) is 54.1. The minimum absolute atomic E-state index is 0.133. The van der Waals surface area contributed by atoms with E-state index in [9.17, 15) is 19.2 Å². The molecule has 0 aliphatic heterocycles. The highest BCUT2D eigenvalue weighted by Crippen LogP contribution is 2.20. The molecular weight excluding hydrogens is 434 g/mol. The Balaban J connectivity index is 3.23. The predicted molar refractivity (Wildman–Crippen MR) is 132 cm³/mol. The van der Waals surface area contributed by atoms with Gasteiger partial charge in [0.25, 0.3) is 0 Å². The molecule has 2 N–H and O–H groups in total. The fraction of sp³-hybridized carbons (Fsp3) is 0.615. The van der Waals surface area contributed by atoms with Crippen molar-refractivity contribution in [2.75, 3.05) is 21.2 Å². The second-order valence-electron chi connectivity index (χ2n) is 9.20. The third-order valence-electron chi connectivity index (χ3n) is 6.26. The number of carbonyl (C=O) groups is 4. The molecule has 8 nitrogen and oxygen atoms in total. The molecule has 0 saturated carbocycles. The van der Waals surface area contributed by atoms with E-state index >= 15 is 0 Å². The quantitative estimate of drug-likeness (QED) is 0.329.